The summed E-state index contributed by atoms with van der Waals surface area (Å²) in [4.78, 5) is 12.0. The number of nitrogens with zero attached hydrogens (tertiary/aromatic N) is 3. The number of hydrogen-bond acceptors (Lipinski definition) is 4. The largest absolute Gasteiger partial charge is 0.373 e. The van der Waals surface area contributed by atoms with E-state index in [1.807, 2.05) is 7.05 Å². The van der Waals surface area contributed by atoms with Gasteiger partial charge in [0.15, 0.2) is 0 Å². The molecule has 0 amide bonds. The van der Waals surface area contributed by atoms with Crippen molar-refractivity contribution in [1.82, 2.24) is 9.97 Å². The zero-order chi connectivity index (χ0) is 14.3. The molecule has 1 aliphatic carbocycles. The highest BCUT2D eigenvalue weighted by Gasteiger charge is 2.31. The van der Waals surface area contributed by atoms with Crippen molar-refractivity contribution in [2.75, 3.05) is 30.4 Å². The number of piperidine rings is 1. The maximum atomic E-state index is 4.89. The quantitative estimate of drug-likeness (QED) is 0.918. The molecule has 0 bridgehead atoms. The minimum absolute atomic E-state index is 0.475. The summed E-state index contributed by atoms with van der Waals surface area (Å²) in [6.45, 7) is 9.09. The smallest absolute Gasteiger partial charge is 0.137 e. The molecule has 1 aromatic heterocycles. The Labute approximate surface area is 122 Å². The van der Waals surface area contributed by atoms with Crippen molar-refractivity contribution in [3.63, 3.8) is 0 Å². The monoisotopic (exact) mass is 274 g/mol. The second-order valence-corrected chi connectivity index (χ2v) is 7.05. The van der Waals surface area contributed by atoms with Crippen molar-refractivity contribution in [2.24, 2.45) is 5.41 Å². The van der Waals surface area contributed by atoms with Gasteiger partial charge in [-0.25, -0.2) is 9.97 Å². The first kappa shape index (κ1) is 13.7. The second-order valence-electron chi connectivity index (χ2n) is 7.05. The minimum Gasteiger partial charge on any atom is -0.373 e. The van der Waals surface area contributed by atoms with Crippen molar-refractivity contribution in [3.8, 4) is 0 Å². The van der Waals surface area contributed by atoms with E-state index in [-0.39, 0.29) is 0 Å². The van der Waals surface area contributed by atoms with Gasteiger partial charge in [0.2, 0.25) is 0 Å². The number of rotatable bonds is 3. The molecule has 110 valence electrons. The summed E-state index contributed by atoms with van der Waals surface area (Å²) in [6.07, 6.45) is 4.98. The molecule has 1 saturated carbocycles. The fourth-order valence-electron chi connectivity index (χ4n) is 2.92. The average Bonchev–Trinajstić information content (AvgIpc) is 3.24. The van der Waals surface area contributed by atoms with Gasteiger partial charge in [0.25, 0.3) is 0 Å². The molecule has 0 radical (unpaired) electrons. The number of aromatic nitrogens is 2. The Morgan fingerprint density at radius 1 is 1.15 bits per heavy atom. The summed E-state index contributed by atoms with van der Waals surface area (Å²) in [5.41, 5.74) is 1.67. The lowest BCUT2D eigenvalue weighted by Gasteiger charge is -2.38. The molecule has 0 atom stereocenters. The van der Waals surface area contributed by atoms with Crippen molar-refractivity contribution in [1.29, 1.82) is 0 Å². The predicted octanol–water partition coefficient (Wildman–Crippen LogP) is 3.33. The van der Waals surface area contributed by atoms with E-state index >= 15 is 0 Å². The van der Waals surface area contributed by atoms with Crippen LogP contribution < -0.4 is 10.2 Å². The summed E-state index contributed by atoms with van der Waals surface area (Å²) >= 11 is 0. The van der Waals surface area contributed by atoms with E-state index in [2.05, 4.69) is 36.0 Å². The van der Waals surface area contributed by atoms with Crippen molar-refractivity contribution in [3.05, 3.63) is 11.4 Å². The summed E-state index contributed by atoms with van der Waals surface area (Å²) in [7, 11) is 1.95. The van der Waals surface area contributed by atoms with E-state index in [4.69, 9.17) is 4.98 Å². The Morgan fingerprint density at radius 3 is 2.35 bits per heavy atom. The van der Waals surface area contributed by atoms with E-state index in [0.717, 1.165) is 30.5 Å². The van der Waals surface area contributed by atoms with Gasteiger partial charge < -0.3 is 10.2 Å². The molecular weight excluding hydrogens is 248 g/mol. The molecule has 2 aliphatic rings. The van der Waals surface area contributed by atoms with E-state index < -0.39 is 0 Å². The summed E-state index contributed by atoms with van der Waals surface area (Å²) in [5.74, 6) is 3.80. The summed E-state index contributed by atoms with van der Waals surface area (Å²) < 4.78 is 0. The Hall–Kier alpha value is -1.32. The van der Waals surface area contributed by atoms with E-state index in [1.54, 1.807) is 0 Å². The zero-order valence-electron chi connectivity index (χ0n) is 13.2. The van der Waals surface area contributed by atoms with Crippen molar-refractivity contribution < 1.29 is 0 Å². The molecule has 4 heteroatoms. The lowest BCUT2D eigenvalue weighted by Crippen LogP contribution is -2.38. The molecule has 2 fully saturated rings. The van der Waals surface area contributed by atoms with Crippen LogP contribution in [0.2, 0.25) is 0 Å². The van der Waals surface area contributed by atoms with Crippen molar-refractivity contribution >= 4 is 11.6 Å². The van der Waals surface area contributed by atoms with Gasteiger partial charge in [-0.3, -0.25) is 0 Å². The highest BCUT2D eigenvalue weighted by Crippen LogP contribution is 2.40. The third-order valence-electron chi connectivity index (χ3n) is 4.73. The molecule has 1 aromatic rings. The van der Waals surface area contributed by atoms with Gasteiger partial charge >= 0.3 is 0 Å². The molecule has 1 N–H and O–H groups in total. The van der Waals surface area contributed by atoms with Gasteiger partial charge in [0, 0.05) is 31.6 Å². The van der Waals surface area contributed by atoms with Crippen LogP contribution in [0, 0.1) is 12.3 Å². The van der Waals surface area contributed by atoms with E-state index in [1.165, 1.54) is 31.2 Å². The third kappa shape index (κ3) is 2.60. The summed E-state index contributed by atoms with van der Waals surface area (Å²) in [6, 6.07) is 0. The maximum Gasteiger partial charge on any atom is 0.137 e. The zero-order valence-corrected chi connectivity index (χ0v) is 13.2. The van der Waals surface area contributed by atoms with Gasteiger partial charge in [-0.1, -0.05) is 13.8 Å². The van der Waals surface area contributed by atoms with Crippen LogP contribution in [0.5, 0.6) is 0 Å². The fraction of sp³-hybridized carbons (Fsp3) is 0.750. The van der Waals surface area contributed by atoms with Crippen LogP contribution in [0.25, 0.3) is 0 Å². The first-order chi connectivity index (χ1) is 9.50. The lowest BCUT2D eigenvalue weighted by atomic mass is 9.82. The molecule has 0 aromatic carbocycles. The fourth-order valence-corrected chi connectivity index (χ4v) is 2.92. The first-order valence-electron chi connectivity index (χ1n) is 7.81. The molecule has 1 saturated heterocycles. The van der Waals surface area contributed by atoms with Gasteiger partial charge in [-0.15, -0.1) is 0 Å². The molecule has 2 heterocycles. The number of anilines is 2. The highest BCUT2D eigenvalue weighted by atomic mass is 15.2. The Kier molecular flexibility index (Phi) is 3.35. The van der Waals surface area contributed by atoms with Gasteiger partial charge in [-0.05, 0) is 38.0 Å². The van der Waals surface area contributed by atoms with Crippen LogP contribution in [0.4, 0.5) is 11.6 Å². The number of nitrogens with one attached hydrogen (secondary N) is 1. The standard InChI is InChI=1S/C16H26N4/c1-11-13(17-4)18-14(12-5-6-12)19-15(11)20-9-7-16(2,3)8-10-20/h12H,5-10H2,1-4H3,(H,17,18,19). The van der Waals surface area contributed by atoms with Crippen LogP contribution in [0.1, 0.15) is 56.8 Å². The Bertz CT molecular complexity index is 495. The first-order valence-corrected chi connectivity index (χ1v) is 7.81. The minimum atomic E-state index is 0.475. The molecule has 20 heavy (non-hydrogen) atoms. The normalized spacial score (nSPS) is 21.9. The van der Waals surface area contributed by atoms with Crippen molar-refractivity contribution in [2.45, 2.75) is 52.4 Å². The van der Waals surface area contributed by atoms with Crippen LogP contribution in [-0.2, 0) is 0 Å². The van der Waals surface area contributed by atoms with Crippen LogP contribution in [-0.4, -0.2) is 30.1 Å². The summed E-state index contributed by atoms with van der Waals surface area (Å²) in [5, 5.41) is 3.24. The van der Waals surface area contributed by atoms with Crippen LogP contribution in [0.3, 0.4) is 0 Å². The molecule has 0 spiro atoms. The molecule has 0 unspecified atom stereocenters. The van der Waals surface area contributed by atoms with E-state index in [0.29, 0.717) is 11.3 Å². The SMILES string of the molecule is CNc1nc(C2CC2)nc(N2CCC(C)(C)CC2)c1C. The van der Waals surface area contributed by atoms with Gasteiger partial charge in [-0.2, -0.15) is 0 Å². The third-order valence-corrected chi connectivity index (χ3v) is 4.73. The lowest BCUT2D eigenvalue weighted by molar-refractivity contribution is 0.279. The van der Waals surface area contributed by atoms with Gasteiger partial charge in [0.1, 0.15) is 17.5 Å². The molecule has 3 rings (SSSR count). The Balaban J connectivity index is 1.90. The second kappa shape index (κ2) is 4.90. The molecule has 4 nitrogen and oxygen atoms in total. The predicted molar refractivity (Wildman–Crippen MR) is 83.5 cm³/mol. The van der Waals surface area contributed by atoms with Crippen LogP contribution in [0.15, 0.2) is 0 Å². The maximum absolute atomic E-state index is 4.89. The van der Waals surface area contributed by atoms with E-state index in [9.17, 15) is 0 Å². The number of hydrogen-bond donors (Lipinski definition) is 1. The van der Waals surface area contributed by atoms with Crippen LogP contribution >= 0.6 is 0 Å². The topological polar surface area (TPSA) is 41.1 Å². The molecular formula is C16H26N4. The van der Waals surface area contributed by atoms with Gasteiger partial charge in [0.05, 0.1) is 0 Å². The highest BCUT2D eigenvalue weighted by molar-refractivity contribution is 5.59. The average molecular weight is 274 g/mol. The Morgan fingerprint density at radius 2 is 1.80 bits per heavy atom. The molecule has 1 aliphatic heterocycles.